The summed E-state index contributed by atoms with van der Waals surface area (Å²) in [6, 6.07) is 7.43. The summed E-state index contributed by atoms with van der Waals surface area (Å²) in [6.07, 6.45) is 4.09. The molecule has 23 heavy (non-hydrogen) atoms. The Morgan fingerprint density at radius 1 is 1.22 bits per heavy atom. The second kappa shape index (κ2) is 6.56. The molecular weight excluding hydrogens is 292 g/mol. The molecule has 1 aliphatic carbocycles. The Morgan fingerprint density at radius 3 is 2.70 bits per heavy atom. The minimum atomic E-state index is -0.251. The minimum absolute atomic E-state index is 0.251. The fourth-order valence-corrected chi connectivity index (χ4v) is 2.72. The molecule has 6 nitrogen and oxygen atoms in total. The van der Waals surface area contributed by atoms with E-state index in [2.05, 4.69) is 27.6 Å². The average molecular weight is 312 g/mol. The molecule has 1 aromatic heterocycles. The van der Waals surface area contributed by atoms with E-state index < -0.39 is 0 Å². The molecule has 0 saturated heterocycles. The largest absolute Gasteiger partial charge is 0.497 e. The summed E-state index contributed by atoms with van der Waals surface area (Å²) in [6.45, 7) is 3.93. The van der Waals surface area contributed by atoms with Crippen LogP contribution in [0.3, 0.4) is 0 Å². The summed E-state index contributed by atoms with van der Waals surface area (Å²) in [5.74, 6) is 0.521. The summed E-state index contributed by atoms with van der Waals surface area (Å²) in [5, 5.41) is 7.11. The maximum Gasteiger partial charge on any atom is 0.290 e. The van der Waals surface area contributed by atoms with Crippen LogP contribution in [0.2, 0.25) is 0 Å². The van der Waals surface area contributed by atoms with Crippen LogP contribution in [0.1, 0.15) is 40.2 Å². The molecule has 1 heterocycles. The fraction of sp³-hybridized carbons (Fsp3) is 0.294. The van der Waals surface area contributed by atoms with Crippen molar-refractivity contribution in [2.75, 3.05) is 7.11 Å². The van der Waals surface area contributed by atoms with E-state index in [9.17, 15) is 4.79 Å². The first-order chi connectivity index (χ1) is 11.2. The molecule has 0 unspecified atom stereocenters. The number of carbonyl (C=O) groups is 1. The molecule has 1 amide bonds. The van der Waals surface area contributed by atoms with Crippen molar-refractivity contribution in [2.45, 2.75) is 25.7 Å². The highest BCUT2D eigenvalue weighted by atomic mass is 16.5. The van der Waals surface area contributed by atoms with Gasteiger partial charge in [-0.2, -0.15) is 5.10 Å². The lowest BCUT2D eigenvalue weighted by Gasteiger charge is -2.13. The highest BCUT2D eigenvalue weighted by molar-refractivity contribution is 5.94. The van der Waals surface area contributed by atoms with Gasteiger partial charge in [-0.05, 0) is 55.5 Å². The lowest BCUT2D eigenvalue weighted by molar-refractivity contribution is 0.0936. The van der Waals surface area contributed by atoms with E-state index >= 15 is 0 Å². The molecule has 0 fully saturated rings. The number of methoxy groups -OCH3 is 1. The van der Waals surface area contributed by atoms with Gasteiger partial charge in [0.1, 0.15) is 5.75 Å². The number of nitrogens with one attached hydrogen (secondary N) is 3. The van der Waals surface area contributed by atoms with E-state index in [-0.39, 0.29) is 5.91 Å². The first-order valence-corrected chi connectivity index (χ1v) is 7.65. The van der Waals surface area contributed by atoms with E-state index in [1.165, 1.54) is 0 Å². The van der Waals surface area contributed by atoms with Crippen molar-refractivity contribution in [3.05, 3.63) is 53.4 Å². The third-order valence-electron chi connectivity index (χ3n) is 4.04. The molecule has 0 radical (unpaired) electrons. The summed E-state index contributed by atoms with van der Waals surface area (Å²) in [7, 11) is 1.62. The number of H-pyrrole nitrogens is 1. The zero-order valence-corrected chi connectivity index (χ0v) is 13.1. The number of aromatic amines is 1. The van der Waals surface area contributed by atoms with Crippen LogP contribution in [0.4, 0.5) is 0 Å². The van der Waals surface area contributed by atoms with E-state index in [4.69, 9.17) is 4.74 Å². The second-order valence-electron chi connectivity index (χ2n) is 5.52. The van der Waals surface area contributed by atoms with Gasteiger partial charge >= 0.3 is 0 Å². The molecule has 3 rings (SSSR count). The van der Waals surface area contributed by atoms with Crippen molar-refractivity contribution in [3.8, 4) is 5.75 Å². The Balaban J connectivity index is 1.62. The van der Waals surface area contributed by atoms with E-state index in [0.29, 0.717) is 11.4 Å². The topological polar surface area (TPSA) is 79.0 Å². The first kappa shape index (κ1) is 15.1. The number of hydrazine groups is 1. The molecule has 1 aromatic carbocycles. The Labute approximate surface area is 134 Å². The Morgan fingerprint density at radius 2 is 1.96 bits per heavy atom. The summed E-state index contributed by atoms with van der Waals surface area (Å²) < 4.78 is 5.12. The van der Waals surface area contributed by atoms with Crippen LogP contribution in [0.25, 0.3) is 5.70 Å². The van der Waals surface area contributed by atoms with Gasteiger partial charge < -0.3 is 4.74 Å². The number of hydrogen-bond donors (Lipinski definition) is 3. The molecule has 0 aliphatic heterocycles. The van der Waals surface area contributed by atoms with Crippen molar-refractivity contribution in [1.82, 2.24) is 21.0 Å². The van der Waals surface area contributed by atoms with Crippen LogP contribution >= 0.6 is 0 Å². The third kappa shape index (κ3) is 3.21. The number of aromatic nitrogens is 2. The number of fused-ring (bicyclic) bond motifs is 1. The van der Waals surface area contributed by atoms with Gasteiger partial charge in [-0.25, -0.2) is 0 Å². The number of rotatable bonds is 5. The number of ether oxygens (including phenoxy) is 1. The fourth-order valence-electron chi connectivity index (χ4n) is 2.72. The van der Waals surface area contributed by atoms with E-state index in [0.717, 1.165) is 48.3 Å². The summed E-state index contributed by atoms with van der Waals surface area (Å²) in [4.78, 5) is 12.3. The Bertz CT molecular complexity index is 719. The monoisotopic (exact) mass is 312 g/mol. The molecule has 1 aliphatic rings. The first-order valence-electron chi connectivity index (χ1n) is 7.65. The molecular formula is C17H20N4O2. The van der Waals surface area contributed by atoms with Crippen molar-refractivity contribution in [3.63, 3.8) is 0 Å². The van der Waals surface area contributed by atoms with Gasteiger partial charge in [0, 0.05) is 11.3 Å². The lowest BCUT2D eigenvalue weighted by atomic mass is 9.96. The Kier molecular flexibility index (Phi) is 4.32. The molecule has 2 aromatic rings. The molecule has 0 atom stereocenters. The zero-order valence-electron chi connectivity index (χ0n) is 13.1. The van der Waals surface area contributed by atoms with Gasteiger partial charge in [0.15, 0.2) is 5.69 Å². The van der Waals surface area contributed by atoms with Crippen molar-refractivity contribution in [2.24, 2.45) is 0 Å². The molecule has 0 saturated carbocycles. The van der Waals surface area contributed by atoms with Crippen LogP contribution in [0, 0.1) is 0 Å². The maximum atomic E-state index is 12.3. The van der Waals surface area contributed by atoms with Crippen molar-refractivity contribution < 1.29 is 9.53 Å². The second-order valence-corrected chi connectivity index (χ2v) is 5.52. The number of hydrogen-bond acceptors (Lipinski definition) is 4. The molecule has 3 N–H and O–H groups in total. The highest BCUT2D eigenvalue weighted by Crippen LogP contribution is 2.22. The molecule has 0 bridgehead atoms. The van der Waals surface area contributed by atoms with E-state index in [1.807, 2.05) is 24.3 Å². The lowest BCUT2D eigenvalue weighted by Crippen LogP contribution is -2.36. The van der Waals surface area contributed by atoms with Crippen LogP contribution < -0.4 is 15.6 Å². The standard InChI is InChI=1S/C17H20N4O2/c1-11(12-7-9-13(23-2)10-8-12)18-21-17(22)16-14-5-3-4-6-15(14)19-20-16/h7-10,18H,1,3-6H2,2H3,(H,19,20)(H,21,22). The number of carbonyl (C=O) groups excluding carboxylic acids is 1. The van der Waals surface area contributed by atoms with Gasteiger partial charge in [-0.1, -0.05) is 6.58 Å². The predicted molar refractivity (Wildman–Crippen MR) is 87.9 cm³/mol. The molecule has 6 heteroatoms. The number of aryl methyl sites for hydroxylation is 1. The smallest absolute Gasteiger partial charge is 0.290 e. The number of nitrogens with zero attached hydrogens (tertiary/aromatic N) is 1. The predicted octanol–water partition coefficient (Wildman–Crippen LogP) is 2.20. The molecule has 0 spiro atoms. The summed E-state index contributed by atoms with van der Waals surface area (Å²) >= 11 is 0. The van der Waals surface area contributed by atoms with Crippen LogP contribution in [-0.4, -0.2) is 23.2 Å². The Hall–Kier alpha value is -2.76. The van der Waals surface area contributed by atoms with Crippen LogP contribution in [-0.2, 0) is 12.8 Å². The van der Waals surface area contributed by atoms with Gasteiger partial charge in [0.05, 0.1) is 12.8 Å². The minimum Gasteiger partial charge on any atom is -0.497 e. The number of amides is 1. The number of benzene rings is 1. The van der Waals surface area contributed by atoms with Crippen molar-refractivity contribution in [1.29, 1.82) is 0 Å². The van der Waals surface area contributed by atoms with Gasteiger partial charge in [0.25, 0.3) is 5.91 Å². The molecule has 120 valence electrons. The normalized spacial score (nSPS) is 13.1. The zero-order chi connectivity index (χ0) is 16.2. The van der Waals surface area contributed by atoms with Crippen LogP contribution in [0.15, 0.2) is 30.8 Å². The SMILES string of the molecule is C=C(NNC(=O)c1n[nH]c2c1CCCC2)c1ccc(OC)cc1. The quantitative estimate of drug-likeness (QED) is 0.740. The summed E-state index contributed by atoms with van der Waals surface area (Å²) in [5.41, 5.74) is 9.55. The third-order valence-corrected chi connectivity index (χ3v) is 4.04. The van der Waals surface area contributed by atoms with Gasteiger partial charge in [-0.15, -0.1) is 0 Å². The van der Waals surface area contributed by atoms with Gasteiger partial charge in [-0.3, -0.25) is 20.7 Å². The highest BCUT2D eigenvalue weighted by Gasteiger charge is 2.21. The van der Waals surface area contributed by atoms with E-state index in [1.54, 1.807) is 7.11 Å². The van der Waals surface area contributed by atoms with Crippen molar-refractivity contribution >= 4 is 11.6 Å². The average Bonchev–Trinajstić information content (AvgIpc) is 3.03. The van der Waals surface area contributed by atoms with Crippen LogP contribution in [0.5, 0.6) is 5.75 Å². The maximum absolute atomic E-state index is 12.3. The van der Waals surface area contributed by atoms with Gasteiger partial charge in [0.2, 0.25) is 0 Å².